The lowest BCUT2D eigenvalue weighted by molar-refractivity contribution is 0.890. The van der Waals surface area contributed by atoms with E-state index in [2.05, 4.69) is 45.1 Å². The molecular formula is C12H13BrClN3. The number of rotatable bonds is 2. The van der Waals surface area contributed by atoms with Crippen molar-refractivity contribution in [3.8, 4) is 0 Å². The zero-order valence-corrected chi connectivity index (χ0v) is 12.2. The predicted octanol–water partition coefficient (Wildman–Crippen LogP) is 4.17. The maximum absolute atomic E-state index is 5.95. The molecule has 0 aliphatic rings. The molecule has 0 spiro atoms. The topological polar surface area (TPSA) is 37.8 Å². The number of nitrogens with zero attached hydrogens (tertiary/aromatic N) is 2. The fraction of sp³-hybridized carbons (Fsp3) is 0.333. The molecule has 1 aromatic heterocycles. The number of hydrogen-bond donors (Lipinski definition) is 1. The maximum atomic E-state index is 5.95. The van der Waals surface area contributed by atoms with Crippen LogP contribution < -0.4 is 5.32 Å². The highest BCUT2D eigenvalue weighted by Crippen LogP contribution is 2.31. The summed E-state index contributed by atoms with van der Waals surface area (Å²) in [5.41, 5.74) is 1.96. The highest BCUT2D eigenvalue weighted by molar-refractivity contribution is 9.10. The quantitative estimate of drug-likeness (QED) is 0.845. The van der Waals surface area contributed by atoms with Crippen molar-refractivity contribution in [3.63, 3.8) is 0 Å². The average Bonchev–Trinajstić information content (AvgIpc) is 2.22. The molecule has 0 amide bonds. The minimum absolute atomic E-state index is 0.266. The molecule has 0 saturated heterocycles. The first-order valence-electron chi connectivity index (χ1n) is 5.38. The van der Waals surface area contributed by atoms with Crippen LogP contribution in [-0.4, -0.2) is 16.0 Å². The van der Waals surface area contributed by atoms with Gasteiger partial charge in [0.2, 0.25) is 5.28 Å². The molecule has 1 heterocycles. The summed E-state index contributed by atoms with van der Waals surface area (Å²) in [4.78, 5) is 8.54. The van der Waals surface area contributed by atoms with Crippen LogP contribution in [0.15, 0.2) is 16.6 Å². The van der Waals surface area contributed by atoms with Crippen LogP contribution in [0.2, 0.25) is 5.28 Å². The molecular weight excluding hydrogens is 302 g/mol. The van der Waals surface area contributed by atoms with Crippen LogP contribution in [0.1, 0.15) is 19.4 Å². The number of fused-ring (bicyclic) bond motifs is 1. The average molecular weight is 315 g/mol. The molecule has 0 fully saturated rings. The van der Waals surface area contributed by atoms with Crippen molar-refractivity contribution in [1.82, 2.24) is 9.97 Å². The van der Waals surface area contributed by atoms with Crippen LogP contribution in [0, 0.1) is 6.92 Å². The lowest BCUT2D eigenvalue weighted by Crippen LogP contribution is -2.12. The lowest BCUT2D eigenvalue weighted by Gasteiger charge is -2.13. The molecule has 0 saturated carbocycles. The fourth-order valence-corrected chi connectivity index (χ4v) is 2.36. The largest absolute Gasteiger partial charge is 0.367 e. The van der Waals surface area contributed by atoms with Crippen LogP contribution in [0.3, 0.4) is 0 Å². The summed E-state index contributed by atoms with van der Waals surface area (Å²) < 4.78 is 0.970. The Labute approximate surface area is 114 Å². The van der Waals surface area contributed by atoms with Gasteiger partial charge in [0.1, 0.15) is 5.82 Å². The Bertz CT molecular complexity index is 569. The molecule has 0 aliphatic carbocycles. The third-order valence-electron chi connectivity index (χ3n) is 2.40. The van der Waals surface area contributed by atoms with Crippen molar-refractivity contribution in [2.75, 3.05) is 5.32 Å². The van der Waals surface area contributed by atoms with E-state index in [-0.39, 0.29) is 11.3 Å². The van der Waals surface area contributed by atoms with Gasteiger partial charge in [-0.05, 0) is 59.9 Å². The molecule has 3 nitrogen and oxygen atoms in total. The molecule has 0 atom stereocenters. The number of aromatic nitrogens is 2. The van der Waals surface area contributed by atoms with E-state index in [1.165, 1.54) is 0 Å². The third-order valence-corrected chi connectivity index (χ3v) is 3.23. The van der Waals surface area contributed by atoms with Crippen molar-refractivity contribution in [2.24, 2.45) is 0 Å². The van der Waals surface area contributed by atoms with Gasteiger partial charge in [-0.15, -0.1) is 0 Å². The Morgan fingerprint density at radius 3 is 2.65 bits per heavy atom. The summed E-state index contributed by atoms with van der Waals surface area (Å²) >= 11 is 9.49. The van der Waals surface area contributed by atoms with Gasteiger partial charge in [-0.25, -0.2) is 9.97 Å². The molecule has 1 aromatic carbocycles. The smallest absolute Gasteiger partial charge is 0.224 e. The number of aryl methyl sites for hydroxylation is 1. The SMILES string of the molecule is Cc1ccc(Br)c2c(NC(C)C)nc(Cl)nc12. The number of benzene rings is 1. The molecule has 90 valence electrons. The van der Waals surface area contributed by atoms with Crippen molar-refractivity contribution in [3.05, 3.63) is 27.5 Å². The van der Waals surface area contributed by atoms with Gasteiger partial charge in [0.25, 0.3) is 0 Å². The zero-order chi connectivity index (χ0) is 12.6. The number of halogens is 2. The molecule has 0 radical (unpaired) electrons. The monoisotopic (exact) mass is 313 g/mol. The lowest BCUT2D eigenvalue weighted by atomic mass is 10.1. The molecule has 0 bridgehead atoms. The number of nitrogens with one attached hydrogen (secondary N) is 1. The third kappa shape index (κ3) is 2.53. The normalized spacial score (nSPS) is 11.2. The minimum atomic E-state index is 0.266. The minimum Gasteiger partial charge on any atom is -0.367 e. The first-order valence-corrected chi connectivity index (χ1v) is 6.55. The van der Waals surface area contributed by atoms with Crippen molar-refractivity contribution in [2.45, 2.75) is 26.8 Å². The summed E-state index contributed by atoms with van der Waals surface area (Å²) in [5, 5.41) is 4.53. The van der Waals surface area contributed by atoms with Gasteiger partial charge in [-0.1, -0.05) is 6.07 Å². The summed E-state index contributed by atoms with van der Waals surface area (Å²) in [6.07, 6.45) is 0. The second-order valence-electron chi connectivity index (χ2n) is 4.23. The van der Waals surface area contributed by atoms with Crippen molar-refractivity contribution >= 4 is 44.3 Å². The van der Waals surface area contributed by atoms with E-state index in [1.54, 1.807) is 0 Å². The second-order valence-corrected chi connectivity index (χ2v) is 5.42. The second kappa shape index (κ2) is 4.78. The van der Waals surface area contributed by atoms with E-state index < -0.39 is 0 Å². The fourth-order valence-electron chi connectivity index (χ4n) is 1.68. The van der Waals surface area contributed by atoms with Crippen molar-refractivity contribution in [1.29, 1.82) is 0 Å². The van der Waals surface area contributed by atoms with Gasteiger partial charge in [0.05, 0.1) is 10.9 Å². The van der Waals surface area contributed by atoms with Gasteiger partial charge < -0.3 is 5.32 Å². The van der Waals surface area contributed by atoms with E-state index >= 15 is 0 Å². The van der Waals surface area contributed by atoms with E-state index in [0.717, 1.165) is 26.8 Å². The number of anilines is 1. The van der Waals surface area contributed by atoms with E-state index in [1.807, 2.05) is 19.1 Å². The molecule has 17 heavy (non-hydrogen) atoms. The Hall–Kier alpha value is -0.870. The van der Waals surface area contributed by atoms with Crippen LogP contribution >= 0.6 is 27.5 Å². The van der Waals surface area contributed by atoms with Gasteiger partial charge >= 0.3 is 0 Å². The van der Waals surface area contributed by atoms with Gasteiger partial charge in [0.15, 0.2) is 0 Å². The zero-order valence-electron chi connectivity index (χ0n) is 9.88. The summed E-state index contributed by atoms with van der Waals surface area (Å²) in [6.45, 7) is 6.13. The van der Waals surface area contributed by atoms with Crippen LogP contribution in [0.25, 0.3) is 10.9 Å². The Morgan fingerprint density at radius 1 is 1.29 bits per heavy atom. The van der Waals surface area contributed by atoms with Gasteiger partial charge in [-0.3, -0.25) is 0 Å². The molecule has 2 aromatic rings. The number of hydrogen-bond acceptors (Lipinski definition) is 3. The Morgan fingerprint density at radius 2 is 2.00 bits per heavy atom. The molecule has 2 rings (SSSR count). The Kier molecular flexibility index (Phi) is 3.54. The summed E-state index contributed by atoms with van der Waals surface area (Å²) in [7, 11) is 0. The van der Waals surface area contributed by atoms with Gasteiger partial charge in [-0.2, -0.15) is 0 Å². The highest BCUT2D eigenvalue weighted by atomic mass is 79.9. The molecule has 0 aliphatic heterocycles. The molecule has 0 unspecified atom stereocenters. The first-order chi connectivity index (χ1) is 7.99. The molecule has 1 N–H and O–H groups in total. The van der Waals surface area contributed by atoms with Crippen LogP contribution in [-0.2, 0) is 0 Å². The Balaban J connectivity index is 2.77. The van der Waals surface area contributed by atoms with E-state index in [0.29, 0.717) is 0 Å². The summed E-state index contributed by atoms with van der Waals surface area (Å²) in [5.74, 6) is 0.769. The maximum Gasteiger partial charge on any atom is 0.224 e. The standard InChI is InChI=1S/C12H13BrClN3/c1-6(2)15-11-9-8(13)5-4-7(3)10(9)16-12(14)17-11/h4-6H,1-3H3,(H,15,16,17). The first kappa shape index (κ1) is 12.6. The van der Waals surface area contributed by atoms with Crippen LogP contribution in [0.5, 0.6) is 0 Å². The predicted molar refractivity (Wildman–Crippen MR) is 75.7 cm³/mol. The van der Waals surface area contributed by atoms with Gasteiger partial charge in [0, 0.05) is 10.5 Å². The summed E-state index contributed by atoms with van der Waals surface area (Å²) in [6, 6.07) is 4.30. The van der Waals surface area contributed by atoms with E-state index in [4.69, 9.17) is 11.6 Å². The highest BCUT2D eigenvalue weighted by Gasteiger charge is 2.12. The molecule has 5 heteroatoms. The van der Waals surface area contributed by atoms with E-state index in [9.17, 15) is 0 Å². The van der Waals surface area contributed by atoms with Crippen molar-refractivity contribution < 1.29 is 0 Å². The van der Waals surface area contributed by atoms with Crippen LogP contribution in [0.4, 0.5) is 5.82 Å².